The van der Waals surface area contributed by atoms with E-state index in [4.69, 9.17) is 0 Å². The molecular formula is C19H25NO2. The average molecular weight is 299 g/mol. The Morgan fingerprint density at radius 1 is 1.00 bits per heavy atom. The highest BCUT2D eigenvalue weighted by Gasteiger charge is 2.16. The number of rotatable bonds is 7. The van der Waals surface area contributed by atoms with Crippen molar-refractivity contribution in [3.63, 3.8) is 0 Å². The molecule has 3 nitrogen and oxygen atoms in total. The summed E-state index contributed by atoms with van der Waals surface area (Å²) in [4.78, 5) is 0. The summed E-state index contributed by atoms with van der Waals surface area (Å²) in [6.07, 6.45) is 1.84. The Morgan fingerprint density at radius 2 is 1.73 bits per heavy atom. The van der Waals surface area contributed by atoms with Crippen LogP contribution in [-0.4, -0.2) is 16.8 Å². The molecule has 0 aliphatic carbocycles. The Bertz CT molecular complexity index is 581. The molecule has 22 heavy (non-hydrogen) atoms. The van der Waals surface area contributed by atoms with Crippen LogP contribution in [0.3, 0.4) is 0 Å². The van der Waals surface area contributed by atoms with Gasteiger partial charge in [0.2, 0.25) is 0 Å². The lowest BCUT2D eigenvalue weighted by Crippen LogP contribution is -2.26. The van der Waals surface area contributed by atoms with Crippen LogP contribution in [0.5, 0.6) is 11.5 Å². The average Bonchev–Trinajstić information content (AvgIpc) is 2.49. The highest BCUT2D eigenvalue weighted by Crippen LogP contribution is 2.30. The maximum Gasteiger partial charge on any atom is 0.124 e. The van der Waals surface area contributed by atoms with Crippen LogP contribution in [0.2, 0.25) is 0 Å². The Kier molecular flexibility index (Phi) is 5.84. The van der Waals surface area contributed by atoms with Crippen molar-refractivity contribution in [2.45, 2.75) is 32.7 Å². The van der Waals surface area contributed by atoms with Crippen LogP contribution in [0.1, 0.15) is 37.4 Å². The lowest BCUT2D eigenvalue weighted by atomic mass is 9.97. The molecule has 3 heteroatoms. The number of nitrogens with one attached hydrogen (secondary N) is 1. The topological polar surface area (TPSA) is 52.5 Å². The fraction of sp³-hybridized carbons (Fsp3) is 0.368. The minimum Gasteiger partial charge on any atom is -0.508 e. The zero-order valence-corrected chi connectivity index (χ0v) is 13.3. The van der Waals surface area contributed by atoms with Gasteiger partial charge < -0.3 is 15.5 Å². The van der Waals surface area contributed by atoms with Crippen LogP contribution in [0, 0.1) is 5.92 Å². The zero-order valence-electron chi connectivity index (χ0n) is 13.3. The monoisotopic (exact) mass is 299 g/mol. The van der Waals surface area contributed by atoms with E-state index in [0.717, 1.165) is 24.9 Å². The standard InChI is InChI=1S/C19H25NO2/c1-14(2)13-20-18(11-8-15-6-4-3-5-7-15)17-10-9-16(21)12-19(17)22/h3-7,9-10,12,14,18,20-22H,8,11,13H2,1-2H3. The zero-order chi connectivity index (χ0) is 15.9. The molecule has 0 amide bonds. The van der Waals surface area contributed by atoms with Crippen molar-refractivity contribution in [3.05, 3.63) is 59.7 Å². The lowest BCUT2D eigenvalue weighted by Gasteiger charge is -2.21. The smallest absolute Gasteiger partial charge is 0.124 e. The van der Waals surface area contributed by atoms with Gasteiger partial charge in [-0.2, -0.15) is 0 Å². The molecule has 0 aliphatic rings. The van der Waals surface area contributed by atoms with Gasteiger partial charge in [0.1, 0.15) is 11.5 Å². The summed E-state index contributed by atoms with van der Waals surface area (Å²) in [5, 5.41) is 23.1. The van der Waals surface area contributed by atoms with E-state index in [0.29, 0.717) is 5.92 Å². The molecule has 0 radical (unpaired) electrons. The van der Waals surface area contributed by atoms with Crippen molar-refractivity contribution >= 4 is 0 Å². The SMILES string of the molecule is CC(C)CNC(CCc1ccccc1)c1ccc(O)cc1O. The van der Waals surface area contributed by atoms with E-state index in [1.54, 1.807) is 12.1 Å². The third kappa shape index (κ3) is 4.78. The molecule has 0 heterocycles. The van der Waals surface area contributed by atoms with Crippen LogP contribution in [0.25, 0.3) is 0 Å². The molecule has 1 atom stereocenters. The molecule has 1 unspecified atom stereocenters. The van der Waals surface area contributed by atoms with Gasteiger partial charge in [0.25, 0.3) is 0 Å². The quantitative estimate of drug-likeness (QED) is 0.724. The molecule has 0 fully saturated rings. The van der Waals surface area contributed by atoms with Gasteiger partial charge in [-0.1, -0.05) is 50.2 Å². The van der Waals surface area contributed by atoms with Gasteiger partial charge in [0.05, 0.1) is 0 Å². The molecule has 0 aliphatic heterocycles. The molecule has 0 bridgehead atoms. The third-order valence-electron chi connectivity index (χ3n) is 3.73. The van der Waals surface area contributed by atoms with E-state index < -0.39 is 0 Å². The van der Waals surface area contributed by atoms with Gasteiger partial charge in [-0.05, 0) is 36.9 Å². The molecule has 2 aromatic carbocycles. The molecule has 2 aromatic rings. The second kappa shape index (κ2) is 7.85. The number of benzene rings is 2. The molecular weight excluding hydrogens is 274 g/mol. The summed E-state index contributed by atoms with van der Waals surface area (Å²) in [5.74, 6) is 0.778. The number of phenols is 2. The molecule has 0 saturated carbocycles. The van der Waals surface area contributed by atoms with Crippen LogP contribution < -0.4 is 5.32 Å². The number of phenolic OH excluding ortho intramolecular Hbond substituents is 2. The number of aromatic hydroxyl groups is 2. The predicted octanol–water partition coefficient (Wildman–Crippen LogP) is 4.02. The molecule has 0 saturated heterocycles. The van der Waals surface area contributed by atoms with Crippen molar-refractivity contribution < 1.29 is 10.2 Å². The Labute approximate surface area is 132 Å². The largest absolute Gasteiger partial charge is 0.508 e. The summed E-state index contributed by atoms with van der Waals surface area (Å²) >= 11 is 0. The molecule has 3 N–H and O–H groups in total. The predicted molar refractivity (Wildman–Crippen MR) is 90.1 cm³/mol. The maximum absolute atomic E-state index is 10.1. The Hall–Kier alpha value is -2.00. The molecule has 0 aromatic heterocycles. The fourth-order valence-electron chi connectivity index (χ4n) is 2.53. The Balaban J connectivity index is 2.11. The highest BCUT2D eigenvalue weighted by molar-refractivity contribution is 5.41. The second-order valence-electron chi connectivity index (χ2n) is 6.12. The van der Waals surface area contributed by atoms with Gasteiger partial charge in [0, 0.05) is 17.7 Å². The Morgan fingerprint density at radius 3 is 2.36 bits per heavy atom. The van der Waals surface area contributed by atoms with Gasteiger partial charge in [-0.25, -0.2) is 0 Å². The minimum absolute atomic E-state index is 0.0724. The molecule has 0 spiro atoms. The summed E-state index contributed by atoms with van der Waals surface area (Å²) < 4.78 is 0. The summed E-state index contributed by atoms with van der Waals surface area (Å²) in [6.45, 7) is 5.22. The highest BCUT2D eigenvalue weighted by atomic mass is 16.3. The van der Waals surface area contributed by atoms with E-state index in [1.807, 2.05) is 18.2 Å². The van der Waals surface area contributed by atoms with Gasteiger partial charge in [-0.3, -0.25) is 0 Å². The summed E-state index contributed by atoms with van der Waals surface area (Å²) in [6, 6.07) is 15.3. The van der Waals surface area contributed by atoms with Crippen molar-refractivity contribution in [2.75, 3.05) is 6.54 Å². The molecule has 2 rings (SSSR count). The number of hydrogen-bond donors (Lipinski definition) is 3. The maximum atomic E-state index is 10.1. The van der Waals surface area contributed by atoms with Crippen molar-refractivity contribution in [3.8, 4) is 11.5 Å². The number of aryl methyl sites for hydroxylation is 1. The van der Waals surface area contributed by atoms with Crippen LogP contribution >= 0.6 is 0 Å². The summed E-state index contributed by atoms with van der Waals surface area (Å²) in [7, 11) is 0. The van der Waals surface area contributed by atoms with Crippen molar-refractivity contribution in [2.24, 2.45) is 5.92 Å². The van der Waals surface area contributed by atoms with Crippen molar-refractivity contribution in [1.29, 1.82) is 0 Å². The normalized spacial score (nSPS) is 12.5. The lowest BCUT2D eigenvalue weighted by molar-refractivity contribution is 0.412. The van der Waals surface area contributed by atoms with E-state index in [2.05, 4.69) is 31.3 Å². The first-order chi connectivity index (χ1) is 10.6. The van der Waals surface area contributed by atoms with Gasteiger partial charge in [0.15, 0.2) is 0 Å². The van der Waals surface area contributed by atoms with E-state index >= 15 is 0 Å². The fourth-order valence-corrected chi connectivity index (χ4v) is 2.53. The molecule has 118 valence electrons. The second-order valence-corrected chi connectivity index (χ2v) is 6.12. The van der Waals surface area contributed by atoms with Crippen LogP contribution in [0.15, 0.2) is 48.5 Å². The first-order valence-corrected chi connectivity index (χ1v) is 7.85. The third-order valence-corrected chi connectivity index (χ3v) is 3.73. The first kappa shape index (κ1) is 16.4. The van der Waals surface area contributed by atoms with Gasteiger partial charge >= 0.3 is 0 Å². The number of hydrogen-bond acceptors (Lipinski definition) is 3. The first-order valence-electron chi connectivity index (χ1n) is 7.85. The van der Waals surface area contributed by atoms with Gasteiger partial charge in [-0.15, -0.1) is 0 Å². The van der Waals surface area contributed by atoms with E-state index in [-0.39, 0.29) is 17.5 Å². The minimum atomic E-state index is 0.0724. The van der Waals surface area contributed by atoms with Crippen LogP contribution in [0.4, 0.5) is 0 Å². The van der Waals surface area contributed by atoms with Crippen molar-refractivity contribution in [1.82, 2.24) is 5.32 Å². The summed E-state index contributed by atoms with van der Waals surface area (Å²) in [5.41, 5.74) is 2.13. The van der Waals surface area contributed by atoms with Crippen LogP contribution in [-0.2, 0) is 6.42 Å². The van der Waals surface area contributed by atoms with E-state index in [1.165, 1.54) is 11.6 Å². The van der Waals surface area contributed by atoms with E-state index in [9.17, 15) is 10.2 Å².